The molecule has 1 aliphatic rings. The summed E-state index contributed by atoms with van der Waals surface area (Å²) < 4.78 is 0. The Morgan fingerprint density at radius 1 is 1.70 bits per heavy atom. The monoisotopic (exact) mass is 144 g/mol. The van der Waals surface area contributed by atoms with Gasteiger partial charge in [0.25, 0.3) is 0 Å². The summed E-state index contributed by atoms with van der Waals surface area (Å²) in [6.07, 6.45) is 1.25. The van der Waals surface area contributed by atoms with E-state index in [2.05, 4.69) is 0 Å². The largest absolute Gasteiger partial charge is 0.481 e. The molecule has 2 N–H and O–H groups in total. The molecule has 0 radical (unpaired) electrons. The summed E-state index contributed by atoms with van der Waals surface area (Å²) in [5, 5.41) is 17.2. The normalized spacial score (nSPS) is 38.8. The third kappa shape index (κ3) is 1.14. The second-order valence-electron chi connectivity index (χ2n) is 3.41. The van der Waals surface area contributed by atoms with E-state index in [1.54, 1.807) is 0 Å². The number of carboxylic acids is 1. The van der Waals surface area contributed by atoms with Crippen molar-refractivity contribution in [1.82, 2.24) is 0 Å². The summed E-state index contributed by atoms with van der Waals surface area (Å²) >= 11 is 0. The molecule has 0 aromatic rings. The molecule has 3 heteroatoms. The van der Waals surface area contributed by atoms with Gasteiger partial charge in [0.1, 0.15) is 0 Å². The third-order valence-corrected chi connectivity index (χ3v) is 2.21. The molecule has 0 saturated heterocycles. The van der Waals surface area contributed by atoms with Crippen molar-refractivity contribution in [2.45, 2.75) is 19.8 Å². The molecule has 1 aliphatic carbocycles. The van der Waals surface area contributed by atoms with Crippen LogP contribution in [0.4, 0.5) is 0 Å². The summed E-state index contributed by atoms with van der Waals surface area (Å²) in [5.74, 6) is -0.942. The molecule has 1 rings (SSSR count). The number of aliphatic hydroxyl groups excluding tert-OH is 1. The lowest BCUT2D eigenvalue weighted by molar-refractivity contribution is -0.151. The lowest BCUT2D eigenvalue weighted by atomic mass is 9.64. The van der Waals surface area contributed by atoms with E-state index < -0.39 is 5.97 Å². The Balaban J connectivity index is 2.36. The van der Waals surface area contributed by atoms with E-state index in [9.17, 15) is 4.79 Å². The molecular weight excluding hydrogens is 132 g/mol. The van der Waals surface area contributed by atoms with Crippen molar-refractivity contribution >= 4 is 5.97 Å². The van der Waals surface area contributed by atoms with Crippen LogP contribution in [0, 0.1) is 11.3 Å². The van der Waals surface area contributed by atoms with Gasteiger partial charge in [-0.2, -0.15) is 0 Å². The molecule has 1 saturated carbocycles. The van der Waals surface area contributed by atoms with Gasteiger partial charge in [0.2, 0.25) is 0 Å². The van der Waals surface area contributed by atoms with Crippen LogP contribution in [0.15, 0.2) is 0 Å². The second-order valence-corrected chi connectivity index (χ2v) is 3.41. The molecule has 0 bridgehead atoms. The molecule has 0 aromatic heterocycles. The standard InChI is InChI=1S/C7H12O3/c1-7(4-8)2-5(3-7)6(9)10/h5,8H,2-4H2,1H3,(H,9,10). The minimum atomic E-state index is -0.731. The SMILES string of the molecule is CC1(CO)CC(C(=O)O)C1. The fourth-order valence-corrected chi connectivity index (χ4v) is 1.43. The number of rotatable bonds is 2. The van der Waals surface area contributed by atoms with E-state index in [0.29, 0.717) is 12.8 Å². The maximum absolute atomic E-state index is 10.3. The second kappa shape index (κ2) is 2.23. The first-order valence-electron chi connectivity index (χ1n) is 3.41. The number of aliphatic hydroxyl groups is 1. The average molecular weight is 144 g/mol. The van der Waals surface area contributed by atoms with E-state index in [1.165, 1.54) is 0 Å². The van der Waals surface area contributed by atoms with Crippen LogP contribution in [-0.4, -0.2) is 22.8 Å². The van der Waals surface area contributed by atoms with E-state index in [4.69, 9.17) is 10.2 Å². The van der Waals surface area contributed by atoms with Crippen LogP contribution < -0.4 is 0 Å². The Labute approximate surface area is 59.7 Å². The van der Waals surface area contributed by atoms with E-state index in [0.717, 1.165) is 0 Å². The van der Waals surface area contributed by atoms with Gasteiger partial charge in [0.05, 0.1) is 5.92 Å². The number of aliphatic carboxylic acids is 1. The molecule has 1 fully saturated rings. The predicted molar refractivity (Wildman–Crippen MR) is 35.6 cm³/mol. The molecule has 0 spiro atoms. The van der Waals surface area contributed by atoms with Crippen molar-refractivity contribution in [2.24, 2.45) is 11.3 Å². The van der Waals surface area contributed by atoms with Crippen molar-refractivity contribution in [2.75, 3.05) is 6.61 Å². The molecular formula is C7H12O3. The first-order valence-corrected chi connectivity index (χ1v) is 3.41. The zero-order chi connectivity index (χ0) is 7.78. The summed E-state index contributed by atoms with van der Waals surface area (Å²) in [5.41, 5.74) is -0.108. The molecule has 10 heavy (non-hydrogen) atoms. The highest BCUT2D eigenvalue weighted by Crippen LogP contribution is 2.44. The van der Waals surface area contributed by atoms with Crippen LogP contribution in [0.5, 0.6) is 0 Å². The molecule has 0 amide bonds. The highest BCUT2D eigenvalue weighted by atomic mass is 16.4. The van der Waals surface area contributed by atoms with Gasteiger partial charge >= 0.3 is 5.97 Å². The van der Waals surface area contributed by atoms with Crippen molar-refractivity contribution in [3.63, 3.8) is 0 Å². The summed E-state index contributed by atoms with van der Waals surface area (Å²) in [7, 11) is 0. The first-order chi connectivity index (χ1) is 4.57. The van der Waals surface area contributed by atoms with Crippen LogP contribution in [0.3, 0.4) is 0 Å². The van der Waals surface area contributed by atoms with Crippen molar-refractivity contribution in [3.8, 4) is 0 Å². The minimum Gasteiger partial charge on any atom is -0.481 e. The summed E-state index contributed by atoms with van der Waals surface area (Å²) in [4.78, 5) is 10.3. The third-order valence-electron chi connectivity index (χ3n) is 2.21. The van der Waals surface area contributed by atoms with Crippen molar-refractivity contribution in [1.29, 1.82) is 0 Å². The van der Waals surface area contributed by atoms with Gasteiger partial charge in [-0.05, 0) is 18.3 Å². The highest BCUT2D eigenvalue weighted by Gasteiger charge is 2.43. The van der Waals surface area contributed by atoms with Gasteiger partial charge in [0, 0.05) is 6.61 Å². The number of hydrogen-bond donors (Lipinski definition) is 2. The fourth-order valence-electron chi connectivity index (χ4n) is 1.43. The van der Waals surface area contributed by atoms with Crippen LogP contribution in [0.1, 0.15) is 19.8 Å². The lowest BCUT2D eigenvalue weighted by Gasteiger charge is -2.41. The van der Waals surface area contributed by atoms with Gasteiger partial charge in [-0.3, -0.25) is 4.79 Å². The molecule has 3 nitrogen and oxygen atoms in total. The van der Waals surface area contributed by atoms with E-state index >= 15 is 0 Å². The smallest absolute Gasteiger partial charge is 0.306 e. The van der Waals surface area contributed by atoms with Gasteiger partial charge in [0.15, 0.2) is 0 Å². The van der Waals surface area contributed by atoms with Crippen molar-refractivity contribution < 1.29 is 15.0 Å². The Bertz CT molecular complexity index is 147. The topological polar surface area (TPSA) is 57.5 Å². The summed E-state index contributed by atoms with van der Waals surface area (Å²) in [6.45, 7) is 2.02. The van der Waals surface area contributed by atoms with Gasteiger partial charge in [-0.25, -0.2) is 0 Å². The zero-order valence-corrected chi connectivity index (χ0v) is 6.00. The van der Waals surface area contributed by atoms with Crippen LogP contribution in [0.2, 0.25) is 0 Å². The van der Waals surface area contributed by atoms with E-state index in [-0.39, 0.29) is 17.9 Å². The Morgan fingerprint density at radius 2 is 2.20 bits per heavy atom. The van der Waals surface area contributed by atoms with Gasteiger partial charge in [-0.15, -0.1) is 0 Å². The lowest BCUT2D eigenvalue weighted by Crippen LogP contribution is -2.41. The number of carboxylic acid groups (broad SMARTS) is 1. The van der Waals surface area contributed by atoms with Crippen LogP contribution in [-0.2, 0) is 4.79 Å². The first kappa shape index (κ1) is 7.54. The number of hydrogen-bond acceptors (Lipinski definition) is 2. The summed E-state index contributed by atoms with van der Waals surface area (Å²) in [6, 6.07) is 0. The minimum absolute atomic E-state index is 0.108. The van der Waals surface area contributed by atoms with Gasteiger partial charge < -0.3 is 10.2 Å². The fraction of sp³-hybridized carbons (Fsp3) is 0.857. The zero-order valence-electron chi connectivity index (χ0n) is 6.00. The Kier molecular flexibility index (Phi) is 1.68. The molecule has 0 unspecified atom stereocenters. The van der Waals surface area contributed by atoms with Crippen molar-refractivity contribution in [3.05, 3.63) is 0 Å². The average Bonchev–Trinajstić information content (AvgIpc) is 1.80. The molecule has 0 atom stereocenters. The molecule has 0 aliphatic heterocycles. The Hall–Kier alpha value is -0.570. The molecule has 58 valence electrons. The molecule has 0 heterocycles. The predicted octanol–water partition coefficient (Wildman–Crippen LogP) is 0.480. The maximum Gasteiger partial charge on any atom is 0.306 e. The Morgan fingerprint density at radius 3 is 2.50 bits per heavy atom. The maximum atomic E-state index is 10.3. The van der Waals surface area contributed by atoms with E-state index in [1.807, 2.05) is 6.92 Å². The highest BCUT2D eigenvalue weighted by molar-refractivity contribution is 5.71. The van der Waals surface area contributed by atoms with Crippen LogP contribution >= 0.6 is 0 Å². The van der Waals surface area contributed by atoms with Gasteiger partial charge in [-0.1, -0.05) is 6.92 Å². The number of carbonyl (C=O) groups is 1. The molecule has 0 aromatic carbocycles. The van der Waals surface area contributed by atoms with Crippen LogP contribution in [0.25, 0.3) is 0 Å². The quantitative estimate of drug-likeness (QED) is 0.592.